The summed E-state index contributed by atoms with van der Waals surface area (Å²) in [4.78, 5) is 22.7. The van der Waals surface area contributed by atoms with Gasteiger partial charge >= 0.3 is 6.09 Å². The molecule has 1 rings (SSSR count). The van der Waals surface area contributed by atoms with Gasteiger partial charge in [0.15, 0.2) is 0 Å². The van der Waals surface area contributed by atoms with Crippen molar-refractivity contribution in [3.05, 3.63) is 41.6 Å². The average molecular weight is 288 g/mol. The van der Waals surface area contributed by atoms with Crippen LogP contribution in [0.3, 0.4) is 0 Å². The quantitative estimate of drug-likeness (QED) is 0.432. The molecule has 7 heteroatoms. The van der Waals surface area contributed by atoms with E-state index in [9.17, 15) is 9.59 Å². The van der Waals surface area contributed by atoms with Gasteiger partial charge < -0.3 is 15.6 Å². The van der Waals surface area contributed by atoms with E-state index in [1.807, 2.05) is 36.5 Å². The van der Waals surface area contributed by atoms with Crippen molar-refractivity contribution >= 4 is 17.7 Å². The van der Waals surface area contributed by atoms with Crippen LogP contribution in [-0.4, -0.2) is 18.6 Å². The Labute approximate surface area is 122 Å². The van der Waals surface area contributed by atoms with Gasteiger partial charge in [0.25, 0.3) is 5.91 Å². The molecule has 0 spiro atoms. The van der Waals surface area contributed by atoms with Crippen LogP contribution in [0.1, 0.15) is 12.5 Å². The Morgan fingerprint density at radius 2 is 2.10 bits per heavy atom. The first kappa shape index (κ1) is 16.0. The Kier molecular flexibility index (Phi) is 6.28. The molecule has 0 aromatic heterocycles. The summed E-state index contributed by atoms with van der Waals surface area (Å²) >= 11 is 0. The lowest BCUT2D eigenvalue weighted by molar-refractivity contribution is -0.116. The zero-order valence-corrected chi connectivity index (χ0v) is 11.8. The number of amides is 2. The molecule has 21 heavy (non-hydrogen) atoms. The first-order valence-electron chi connectivity index (χ1n) is 6.24. The first-order valence-corrected chi connectivity index (χ1v) is 6.24. The number of alkyl carbamates (subject to hydrolysis) is 1. The number of benzene rings is 1. The molecule has 1 aromatic carbocycles. The van der Waals surface area contributed by atoms with E-state index in [-0.39, 0.29) is 12.2 Å². The molecule has 0 aliphatic heterocycles. The van der Waals surface area contributed by atoms with Crippen molar-refractivity contribution in [2.24, 2.45) is 0 Å². The molecule has 0 atom stereocenters. The standard InChI is InChI=1S/C14H16N4O3/c1-3-21-14(20)17-13(19)11(8-15)9-16-18-12-7-5-4-6-10(12)2/h4-7,9,16,18H,3H2,1-2H3,(H,17,19,20). The van der Waals surface area contributed by atoms with Crippen molar-refractivity contribution in [1.82, 2.24) is 10.7 Å². The van der Waals surface area contributed by atoms with Gasteiger partial charge in [-0.25, -0.2) is 4.79 Å². The fourth-order valence-electron chi connectivity index (χ4n) is 1.37. The summed E-state index contributed by atoms with van der Waals surface area (Å²) in [6.45, 7) is 3.66. The molecule has 3 N–H and O–H groups in total. The Hall–Kier alpha value is -3.01. The van der Waals surface area contributed by atoms with Crippen molar-refractivity contribution in [1.29, 1.82) is 5.26 Å². The average Bonchev–Trinajstić information content (AvgIpc) is 2.45. The third-order valence-electron chi connectivity index (χ3n) is 2.42. The van der Waals surface area contributed by atoms with E-state index in [0.29, 0.717) is 0 Å². The Morgan fingerprint density at radius 1 is 1.38 bits per heavy atom. The number of nitriles is 1. The molecule has 0 heterocycles. The van der Waals surface area contributed by atoms with Crippen molar-refractivity contribution in [2.75, 3.05) is 12.0 Å². The summed E-state index contributed by atoms with van der Waals surface area (Å²) in [6, 6.07) is 9.17. The number of para-hydroxylation sites is 1. The molecule has 0 aliphatic rings. The topological polar surface area (TPSA) is 103 Å². The number of ether oxygens (including phenoxy) is 1. The van der Waals surface area contributed by atoms with Gasteiger partial charge in [-0.05, 0) is 25.5 Å². The van der Waals surface area contributed by atoms with Gasteiger partial charge in [0.2, 0.25) is 0 Å². The Bertz CT molecular complexity index is 590. The zero-order chi connectivity index (χ0) is 15.7. The van der Waals surface area contributed by atoms with E-state index >= 15 is 0 Å². The van der Waals surface area contributed by atoms with Gasteiger partial charge in [0, 0.05) is 6.20 Å². The fourth-order valence-corrected chi connectivity index (χ4v) is 1.37. The second-order valence-corrected chi connectivity index (χ2v) is 3.93. The number of hydrogen-bond donors (Lipinski definition) is 3. The highest BCUT2D eigenvalue weighted by atomic mass is 16.5. The minimum atomic E-state index is -0.893. The molecular weight excluding hydrogens is 272 g/mol. The van der Waals surface area contributed by atoms with Crippen LogP contribution >= 0.6 is 0 Å². The number of imide groups is 1. The number of anilines is 1. The number of carbonyl (C=O) groups excluding carboxylic acids is 2. The summed E-state index contributed by atoms with van der Waals surface area (Å²) in [5.41, 5.74) is 7.01. The van der Waals surface area contributed by atoms with Gasteiger partial charge in [-0.2, -0.15) is 5.26 Å². The van der Waals surface area contributed by atoms with E-state index in [4.69, 9.17) is 5.26 Å². The summed E-state index contributed by atoms with van der Waals surface area (Å²) in [5.74, 6) is -0.838. The maximum absolute atomic E-state index is 11.6. The van der Waals surface area contributed by atoms with Gasteiger partial charge in [-0.1, -0.05) is 18.2 Å². The van der Waals surface area contributed by atoms with Crippen LogP contribution in [-0.2, 0) is 9.53 Å². The SMILES string of the molecule is CCOC(=O)NC(=O)C(C#N)=CNNc1ccccc1C. The van der Waals surface area contributed by atoms with Crippen molar-refractivity contribution < 1.29 is 14.3 Å². The van der Waals surface area contributed by atoms with Gasteiger partial charge in [-0.15, -0.1) is 0 Å². The summed E-state index contributed by atoms with van der Waals surface area (Å²) in [5, 5.41) is 10.8. The lowest BCUT2D eigenvalue weighted by atomic mass is 10.2. The third-order valence-corrected chi connectivity index (χ3v) is 2.42. The zero-order valence-electron chi connectivity index (χ0n) is 11.8. The number of nitrogens with zero attached hydrogens (tertiary/aromatic N) is 1. The Morgan fingerprint density at radius 3 is 2.71 bits per heavy atom. The maximum atomic E-state index is 11.6. The van der Waals surface area contributed by atoms with Crippen LogP contribution in [0.25, 0.3) is 0 Å². The number of carbonyl (C=O) groups is 2. The fraction of sp³-hybridized carbons (Fsp3) is 0.214. The van der Waals surface area contributed by atoms with Crippen molar-refractivity contribution in [3.63, 3.8) is 0 Å². The maximum Gasteiger partial charge on any atom is 0.414 e. The molecule has 0 aliphatic carbocycles. The van der Waals surface area contributed by atoms with Crippen molar-refractivity contribution in [3.8, 4) is 6.07 Å². The molecule has 1 aromatic rings. The lowest BCUT2D eigenvalue weighted by Crippen LogP contribution is -2.32. The minimum absolute atomic E-state index is 0.137. The van der Waals surface area contributed by atoms with Crippen LogP contribution in [0.2, 0.25) is 0 Å². The van der Waals surface area contributed by atoms with Crippen LogP contribution in [0.5, 0.6) is 0 Å². The monoisotopic (exact) mass is 288 g/mol. The van der Waals surface area contributed by atoms with E-state index in [1.165, 1.54) is 6.20 Å². The van der Waals surface area contributed by atoms with Crippen LogP contribution in [0.15, 0.2) is 36.0 Å². The number of nitrogens with one attached hydrogen (secondary N) is 3. The highest BCUT2D eigenvalue weighted by Crippen LogP contribution is 2.11. The first-order chi connectivity index (χ1) is 10.1. The Balaban J connectivity index is 2.60. The lowest BCUT2D eigenvalue weighted by Gasteiger charge is -2.09. The largest absolute Gasteiger partial charge is 0.450 e. The van der Waals surface area contributed by atoms with Crippen LogP contribution in [0.4, 0.5) is 10.5 Å². The van der Waals surface area contributed by atoms with Gasteiger partial charge in [0.1, 0.15) is 11.6 Å². The molecule has 0 radical (unpaired) electrons. The van der Waals surface area contributed by atoms with E-state index in [1.54, 1.807) is 13.0 Å². The molecule has 0 saturated heterocycles. The summed E-state index contributed by atoms with van der Waals surface area (Å²) in [6.07, 6.45) is 0.275. The molecule has 7 nitrogen and oxygen atoms in total. The van der Waals surface area contributed by atoms with Gasteiger partial charge in [0.05, 0.1) is 12.3 Å². The number of aryl methyl sites for hydroxylation is 1. The molecule has 2 amide bonds. The molecule has 0 saturated carbocycles. The van der Waals surface area contributed by atoms with Crippen LogP contribution in [0, 0.1) is 18.3 Å². The normalized spacial score (nSPS) is 10.2. The molecule has 110 valence electrons. The second-order valence-electron chi connectivity index (χ2n) is 3.93. The highest BCUT2D eigenvalue weighted by Gasteiger charge is 2.13. The number of hydrogen-bond acceptors (Lipinski definition) is 6. The second kappa shape index (κ2) is 8.22. The molecule has 0 fully saturated rings. The van der Waals surface area contributed by atoms with Gasteiger partial charge in [-0.3, -0.25) is 10.1 Å². The highest BCUT2D eigenvalue weighted by molar-refractivity contribution is 6.04. The van der Waals surface area contributed by atoms with E-state index < -0.39 is 12.0 Å². The third kappa shape index (κ3) is 5.24. The van der Waals surface area contributed by atoms with Crippen LogP contribution < -0.4 is 16.2 Å². The molecular formula is C14H16N4O3. The summed E-state index contributed by atoms with van der Waals surface area (Å²) in [7, 11) is 0. The number of rotatable bonds is 5. The van der Waals surface area contributed by atoms with Crippen molar-refractivity contribution in [2.45, 2.75) is 13.8 Å². The number of hydrazine groups is 1. The molecule has 0 bridgehead atoms. The smallest absolute Gasteiger partial charge is 0.414 e. The predicted molar refractivity (Wildman–Crippen MR) is 76.8 cm³/mol. The van der Waals surface area contributed by atoms with E-state index in [0.717, 1.165) is 11.3 Å². The summed E-state index contributed by atoms with van der Waals surface area (Å²) < 4.78 is 4.55. The predicted octanol–water partition coefficient (Wildman–Crippen LogP) is 1.59. The minimum Gasteiger partial charge on any atom is -0.450 e. The molecule has 0 unspecified atom stereocenters. The van der Waals surface area contributed by atoms with E-state index in [2.05, 4.69) is 15.6 Å².